The van der Waals surface area contributed by atoms with Crippen LogP contribution in [-0.4, -0.2) is 17.5 Å². The Kier molecular flexibility index (Phi) is 5.42. The highest BCUT2D eigenvalue weighted by Gasteiger charge is 2.07. The Bertz CT molecular complexity index is 407. The van der Waals surface area contributed by atoms with Crippen LogP contribution in [0.2, 0.25) is 0 Å². The number of ether oxygens (including phenoxy) is 1. The van der Waals surface area contributed by atoms with E-state index in [1.165, 1.54) is 0 Å². The number of hydrogen-bond donors (Lipinski definition) is 2. The third kappa shape index (κ3) is 4.82. The molecule has 0 aliphatic carbocycles. The van der Waals surface area contributed by atoms with Gasteiger partial charge in [-0.05, 0) is 31.4 Å². The molecule has 0 radical (unpaired) electrons. The van der Waals surface area contributed by atoms with Crippen molar-refractivity contribution in [3.8, 4) is 5.75 Å². The van der Waals surface area contributed by atoms with Crippen LogP contribution in [-0.2, 0) is 0 Å². The second-order valence-electron chi connectivity index (χ2n) is 3.63. The van der Waals surface area contributed by atoms with E-state index >= 15 is 0 Å². The van der Waals surface area contributed by atoms with Gasteiger partial charge in [0, 0.05) is 0 Å². The van der Waals surface area contributed by atoms with Crippen molar-refractivity contribution in [2.24, 2.45) is 11.5 Å². The molecule has 0 unspecified atom stereocenters. The Morgan fingerprint density at radius 2 is 1.94 bits per heavy atom. The SMILES string of the molecule is NC(=O)c1ccccc1OCCCCC(N)=S. The molecule has 0 bridgehead atoms. The molecule has 0 aliphatic heterocycles. The van der Waals surface area contributed by atoms with Gasteiger partial charge in [-0.3, -0.25) is 4.79 Å². The number of carbonyl (C=O) groups excluding carboxylic acids is 1. The van der Waals surface area contributed by atoms with Crippen molar-refractivity contribution in [3.05, 3.63) is 29.8 Å². The second kappa shape index (κ2) is 6.85. The second-order valence-corrected chi connectivity index (χ2v) is 4.16. The average molecular weight is 252 g/mol. The van der Waals surface area contributed by atoms with E-state index in [1.54, 1.807) is 24.3 Å². The van der Waals surface area contributed by atoms with Gasteiger partial charge in [0.15, 0.2) is 0 Å². The van der Waals surface area contributed by atoms with E-state index in [0.717, 1.165) is 19.3 Å². The van der Waals surface area contributed by atoms with Crippen molar-refractivity contribution >= 4 is 23.1 Å². The number of primary amides is 1. The van der Waals surface area contributed by atoms with E-state index in [4.69, 9.17) is 28.4 Å². The summed E-state index contributed by atoms with van der Waals surface area (Å²) in [5.41, 5.74) is 11.0. The van der Waals surface area contributed by atoms with Gasteiger partial charge in [-0.25, -0.2) is 0 Å². The highest BCUT2D eigenvalue weighted by Crippen LogP contribution is 2.17. The lowest BCUT2D eigenvalue weighted by atomic mass is 10.2. The number of benzene rings is 1. The molecule has 4 N–H and O–H groups in total. The Morgan fingerprint density at radius 1 is 1.24 bits per heavy atom. The first-order chi connectivity index (χ1) is 8.11. The van der Waals surface area contributed by atoms with Gasteiger partial charge in [-0.2, -0.15) is 0 Å². The van der Waals surface area contributed by atoms with Gasteiger partial charge in [0.05, 0.1) is 17.2 Å². The number of hydrogen-bond acceptors (Lipinski definition) is 3. The summed E-state index contributed by atoms with van der Waals surface area (Å²) in [5.74, 6) is 0.0408. The quantitative estimate of drug-likeness (QED) is 0.571. The topological polar surface area (TPSA) is 78.3 Å². The van der Waals surface area contributed by atoms with Gasteiger partial charge >= 0.3 is 0 Å². The van der Waals surface area contributed by atoms with Crippen molar-refractivity contribution < 1.29 is 9.53 Å². The minimum atomic E-state index is -0.483. The fraction of sp³-hybridized carbons (Fsp3) is 0.333. The number of unbranched alkanes of at least 4 members (excludes halogenated alkanes) is 1. The van der Waals surface area contributed by atoms with Gasteiger partial charge in [0.1, 0.15) is 5.75 Å². The van der Waals surface area contributed by atoms with Gasteiger partial charge in [0.2, 0.25) is 0 Å². The fourth-order valence-electron chi connectivity index (χ4n) is 1.38. The maximum Gasteiger partial charge on any atom is 0.252 e. The van der Waals surface area contributed by atoms with Crippen LogP contribution in [0.15, 0.2) is 24.3 Å². The van der Waals surface area contributed by atoms with Crippen LogP contribution in [0.1, 0.15) is 29.6 Å². The zero-order valence-electron chi connectivity index (χ0n) is 9.52. The number of thiocarbonyl (C=S) groups is 1. The third-order valence-corrected chi connectivity index (χ3v) is 2.43. The summed E-state index contributed by atoms with van der Waals surface area (Å²) in [6, 6.07) is 6.93. The normalized spacial score (nSPS) is 9.88. The summed E-state index contributed by atoms with van der Waals surface area (Å²) >= 11 is 4.77. The first-order valence-electron chi connectivity index (χ1n) is 5.41. The molecule has 0 atom stereocenters. The van der Waals surface area contributed by atoms with Crippen molar-refractivity contribution in [1.29, 1.82) is 0 Å². The van der Waals surface area contributed by atoms with Gasteiger partial charge < -0.3 is 16.2 Å². The van der Waals surface area contributed by atoms with Crippen LogP contribution in [0.4, 0.5) is 0 Å². The van der Waals surface area contributed by atoms with E-state index in [1.807, 2.05) is 0 Å². The van der Waals surface area contributed by atoms with Crippen LogP contribution in [0.25, 0.3) is 0 Å². The molecule has 0 saturated carbocycles. The Morgan fingerprint density at radius 3 is 2.59 bits per heavy atom. The number of para-hydroxylation sites is 1. The Labute approximate surface area is 106 Å². The van der Waals surface area contributed by atoms with E-state index in [2.05, 4.69) is 0 Å². The maximum atomic E-state index is 11.1. The van der Waals surface area contributed by atoms with E-state index in [0.29, 0.717) is 22.9 Å². The molecule has 0 heterocycles. The molecule has 92 valence electrons. The van der Waals surface area contributed by atoms with E-state index < -0.39 is 5.91 Å². The lowest BCUT2D eigenvalue weighted by Crippen LogP contribution is -2.13. The number of rotatable bonds is 7. The molecule has 1 aromatic rings. The van der Waals surface area contributed by atoms with Crippen LogP contribution in [0.5, 0.6) is 5.75 Å². The molecule has 0 aromatic heterocycles. The maximum absolute atomic E-state index is 11.1. The molecule has 0 saturated heterocycles. The van der Waals surface area contributed by atoms with Gasteiger partial charge in [0.25, 0.3) is 5.91 Å². The summed E-state index contributed by atoms with van der Waals surface area (Å²) in [4.78, 5) is 11.6. The molecule has 1 aromatic carbocycles. The lowest BCUT2D eigenvalue weighted by Gasteiger charge is -2.08. The molecule has 0 fully saturated rings. The standard InChI is InChI=1S/C12H16N2O2S/c13-11(17)7-3-4-8-16-10-6-2-1-5-9(10)12(14)15/h1-2,5-6H,3-4,7-8H2,(H2,13,17)(H2,14,15). The van der Waals surface area contributed by atoms with Crippen LogP contribution in [0, 0.1) is 0 Å². The summed E-state index contributed by atoms with van der Waals surface area (Å²) in [6.07, 6.45) is 2.44. The van der Waals surface area contributed by atoms with E-state index in [-0.39, 0.29) is 0 Å². The highest BCUT2D eigenvalue weighted by atomic mass is 32.1. The minimum absolute atomic E-state index is 0.404. The predicted octanol–water partition coefficient (Wildman–Crippen LogP) is 1.62. The summed E-state index contributed by atoms with van der Waals surface area (Å²) < 4.78 is 5.50. The molecule has 1 amide bonds. The van der Waals surface area contributed by atoms with Crippen molar-refractivity contribution in [1.82, 2.24) is 0 Å². The van der Waals surface area contributed by atoms with Crippen LogP contribution >= 0.6 is 12.2 Å². The summed E-state index contributed by atoms with van der Waals surface area (Å²) in [7, 11) is 0. The first-order valence-corrected chi connectivity index (χ1v) is 5.82. The molecule has 0 spiro atoms. The Hall–Kier alpha value is -1.62. The zero-order chi connectivity index (χ0) is 12.7. The average Bonchev–Trinajstić information content (AvgIpc) is 2.28. The Balaban J connectivity index is 2.41. The number of amides is 1. The van der Waals surface area contributed by atoms with Crippen LogP contribution < -0.4 is 16.2 Å². The van der Waals surface area contributed by atoms with Crippen molar-refractivity contribution in [2.75, 3.05) is 6.61 Å². The smallest absolute Gasteiger partial charge is 0.252 e. The summed E-state index contributed by atoms with van der Waals surface area (Å²) in [6.45, 7) is 0.521. The first kappa shape index (κ1) is 13.4. The molecular formula is C12H16N2O2S. The van der Waals surface area contributed by atoms with Crippen molar-refractivity contribution in [3.63, 3.8) is 0 Å². The molecule has 1 rings (SSSR count). The molecule has 17 heavy (non-hydrogen) atoms. The molecular weight excluding hydrogens is 236 g/mol. The van der Waals surface area contributed by atoms with Gasteiger partial charge in [-0.15, -0.1) is 0 Å². The molecule has 0 aliphatic rings. The predicted molar refractivity (Wildman–Crippen MR) is 71.1 cm³/mol. The highest BCUT2D eigenvalue weighted by molar-refractivity contribution is 7.80. The number of carbonyl (C=O) groups is 1. The van der Waals surface area contributed by atoms with Crippen molar-refractivity contribution in [2.45, 2.75) is 19.3 Å². The minimum Gasteiger partial charge on any atom is -0.493 e. The van der Waals surface area contributed by atoms with E-state index in [9.17, 15) is 4.79 Å². The van der Waals surface area contributed by atoms with Gasteiger partial charge in [-0.1, -0.05) is 24.4 Å². The van der Waals surface area contributed by atoms with Crippen LogP contribution in [0.3, 0.4) is 0 Å². The zero-order valence-corrected chi connectivity index (χ0v) is 10.3. The fourth-order valence-corrected chi connectivity index (χ4v) is 1.52. The third-order valence-electron chi connectivity index (χ3n) is 2.23. The molecule has 4 nitrogen and oxygen atoms in total. The lowest BCUT2D eigenvalue weighted by molar-refractivity contribution is 0.0996. The number of nitrogens with two attached hydrogens (primary N) is 2. The molecule has 5 heteroatoms. The monoisotopic (exact) mass is 252 g/mol. The summed E-state index contributed by atoms with van der Waals surface area (Å²) in [5, 5.41) is 0. The largest absolute Gasteiger partial charge is 0.493 e.